The van der Waals surface area contributed by atoms with E-state index in [1.54, 1.807) is 0 Å². The van der Waals surface area contributed by atoms with Crippen LogP contribution < -0.4 is 5.73 Å². The molecule has 1 saturated carbocycles. The van der Waals surface area contributed by atoms with Crippen molar-refractivity contribution in [2.45, 2.75) is 39.2 Å². The molecule has 0 amide bonds. The lowest BCUT2D eigenvalue weighted by atomic mass is 9.80. The van der Waals surface area contributed by atoms with Crippen LogP contribution in [0, 0.1) is 12.8 Å². The first-order valence-corrected chi connectivity index (χ1v) is 5.49. The Morgan fingerprint density at radius 3 is 2.57 bits per heavy atom. The Morgan fingerprint density at radius 2 is 2.21 bits per heavy atom. The van der Waals surface area contributed by atoms with Crippen LogP contribution in [0.15, 0.2) is 0 Å². The Balaban J connectivity index is 2.26. The highest BCUT2D eigenvalue weighted by atomic mass is 35.5. The van der Waals surface area contributed by atoms with E-state index < -0.39 is 0 Å². The van der Waals surface area contributed by atoms with Crippen LogP contribution >= 0.6 is 11.6 Å². The number of aryl methyl sites for hydroxylation is 1. The standard InChI is InChI=1S/C10H16ClN3/c1-6-9(11)10(12)14(13-6)7(2)8-4-3-5-8/h7-8H,3-5,12H2,1-2H3. The van der Waals surface area contributed by atoms with Gasteiger partial charge in [0.25, 0.3) is 0 Å². The van der Waals surface area contributed by atoms with Crippen molar-refractivity contribution in [1.82, 2.24) is 9.78 Å². The van der Waals surface area contributed by atoms with Crippen LogP contribution in [-0.2, 0) is 0 Å². The van der Waals surface area contributed by atoms with Crippen molar-refractivity contribution in [2.75, 3.05) is 5.73 Å². The van der Waals surface area contributed by atoms with Gasteiger partial charge in [-0.25, -0.2) is 4.68 Å². The summed E-state index contributed by atoms with van der Waals surface area (Å²) >= 11 is 6.00. The molecule has 1 aromatic rings. The molecule has 2 rings (SSSR count). The molecular weight excluding hydrogens is 198 g/mol. The molecule has 2 N–H and O–H groups in total. The number of nitrogens with zero attached hydrogens (tertiary/aromatic N) is 2. The van der Waals surface area contributed by atoms with Crippen molar-refractivity contribution in [3.63, 3.8) is 0 Å². The first kappa shape index (κ1) is 9.84. The second-order valence-corrected chi connectivity index (χ2v) is 4.54. The molecule has 14 heavy (non-hydrogen) atoms. The molecule has 0 aromatic carbocycles. The summed E-state index contributed by atoms with van der Waals surface area (Å²) in [5, 5.41) is 4.98. The molecule has 4 heteroatoms. The van der Waals surface area contributed by atoms with Crippen LogP contribution in [0.1, 0.15) is 37.9 Å². The fourth-order valence-corrected chi connectivity index (χ4v) is 2.10. The van der Waals surface area contributed by atoms with Gasteiger partial charge in [0.05, 0.1) is 11.7 Å². The second kappa shape index (κ2) is 3.46. The summed E-state index contributed by atoms with van der Waals surface area (Å²) < 4.78 is 1.88. The van der Waals surface area contributed by atoms with E-state index >= 15 is 0 Å². The molecule has 0 spiro atoms. The summed E-state index contributed by atoms with van der Waals surface area (Å²) in [6, 6.07) is 0.384. The molecule has 1 aliphatic carbocycles. The molecule has 0 bridgehead atoms. The van der Waals surface area contributed by atoms with Crippen molar-refractivity contribution in [2.24, 2.45) is 5.92 Å². The van der Waals surface area contributed by atoms with Gasteiger partial charge < -0.3 is 5.73 Å². The lowest BCUT2D eigenvalue weighted by Gasteiger charge is -2.31. The largest absolute Gasteiger partial charge is 0.383 e. The SMILES string of the molecule is Cc1nn(C(C)C2CCC2)c(N)c1Cl. The van der Waals surface area contributed by atoms with Crippen LogP contribution in [-0.4, -0.2) is 9.78 Å². The van der Waals surface area contributed by atoms with Gasteiger partial charge in [0.1, 0.15) is 10.8 Å². The Kier molecular flexibility index (Phi) is 2.43. The van der Waals surface area contributed by atoms with E-state index in [-0.39, 0.29) is 0 Å². The number of nitrogens with two attached hydrogens (primary N) is 1. The van der Waals surface area contributed by atoms with E-state index in [9.17, 15) is 0 Å². The van der Waals surface area contributed by atoms with Crippen molar-refractivity contribution < 1.29 is 0 Å². The van der Waals surface area contributed by atoms with Crippen LogP contribution in [0.3, 0.4) is 0 Å². The quantitative estimate of drug-likeness (QED) is 0.821. The van der Waals surface area contributed by atoms with E-state index in [0.717, 1.165) is 11.6 Å². The van der Waals surface area contributed by atoms with Gasteiger partial charge in [-0.05, 0) is 32.6 Å². The first-order chi connectivity index (χ1) is 6.61. The molecule has 1 aromatic heterocycles. The predicted octanol–water partition coefficient (Wildman–Crippen LogP) is 2.79. The number of rotatable bonds is 2. The highest BCUT2D eigenvalue weighted by molar-refractivity contribution is 6.33. The molecular formula is C10H16ClN3. The van der Waals surface area contributed by atoms with Crippen LogP contribution in [0.5, 0.6) is 0 Å². The van der Waals surface area contributed by atoms with Crippen molar-refractivity contribution in [1.29, 1.82) is 0 Å². The van der Waals surface area contributed by atoms with Gasteiger partial charge in [0, 0.05) is 0 Å². The number of anilines is 1. The summed E-state index contributed by atoms with van der Waals surface area (Å²) in [6.07, 6.45) is 3.91. The summed E-state index contributed by atoms with van der Waals surface area (Å²) in [6.45, 7) is 4.06. The maximum atomic E-state index is 6.00. The number of aromatic nitrogens is 2. The van der Waals surface area contributed by atoms with Gasteiger partial charge >= 0.3 is 0 Å². The number of hydrogen-bond acceptors (Lipinski definition) is 2. The topological polar surface area (TPSA) is 43.8 Å². The summed E-state index contributed by atoms with van der Waals surface area (Å²) in [4.78, 5) is 0. The van der Waals surface area contributed by atoms with Gasteiger partial charge in [-0.1, -0.05) is 18.0 Å². The van der Waals surface area contributed by atoms with Crippen molar-refractivity contribution in [3.05, 3.63) is 10.7 Å². The highest BCUT2D eigenvalue weighted by Gasteiger charge is 2.27. The molecule has 1 aliphatic rings. The fraction of sp³-hybridized carbons (Fsp3) is 0.700. The minimum absolute atomic E-state index is 0.384. The van der Waals surface area contributed by atoms with E-state index in [0.29, 0.717) is 16.9 Å². The third-order valence-electron chi connectivity index (χ3n) is 3.26. The summed E-state index contributed by atoms with van der Waals surface area (Å²) in [5.74, 6) is 1.34. The zero-order valence-corrected chi connectivity index (χ0v) is 9.38. The van der Waals surface area contributed by atoms with E-state index in [2.05, 4.69) is 12.0 Å². The van der Waals surface area contributed by atoms with Gasteiger partial charge in [0.2, 0.25) is 0 Å². The maximum absolute atomic E-state index is 6.00. The molecule has 1 fully saturated rings. The van der Waals surface area contributed by atoms with E-state index in [1.165, 1.54) is 19.3 Å². The number of hydrogen-bond donors (Lipinski definition) is 1. The lowest BCUT2D eigenvalue weighted by Crippen LogP contribution is -2.24. The van der Waals surface area contributed by atoms with Crippen LogP contribution in [0.4, 0.5) is 5.82 Å². The minimum Gasteiger partial charge on any atom is -0.383 e. The minimum atomic E-state index is 0.384. The van der Waals surface area contributed by atoms with Gasteiger partial charge in [-0.3, -0.25) is 0 Å². The van der Waals surface area contributed by atoms with E-state index in [4.69, 9.17) is 17.3 Å². The van der Waals surface area contributed by atoms with Crippen LogP contribution in [0.25, 0.3) is 0 Å². The molecule has 0 aliphatic heterocycles. The zero-order chi connectivity index (χ0) is 10.3. The fourth-order valence-electron chi connectivity index (χ4n) is 1.98. The smallest absolute Gasteiger partial charge is 0.141 e. The molecule has 1 heterocycles. The van der Waals surface area contributed by atoms with Gasteiger partial charge in [0.15, 0.2) is 0 Å². The number of nitrogen functional groups attached to an aromatic ring is 1. The van der Waals surface area contributed by atoms with Crippen molar-refractivity contribution >= 4 is 17.4 Å². The molecule has 78 valence electrons. The Bertz CT molecular complexity index is 341. The maximum Gasteiger partial charge on any atom is 0.141 e. The van der Waals surface area contributed by atoms with Gasteiger partial charge in [-0.15, -0.1) is 0 Å². The Morgan fingerprint density at radius 1 is 1.57 bits per heavy atom. The van der Waals surface area contributed by atoms with Gasteiger partial charge in [-0.2, -0.15) is 5.10 Å². The third-order valence-corrected chi connectivity index (χ3v) is 3.73. The molecule has 0 saturated heterocycles. The van der Waals surface area contributed by atoms with E-state index in [1.807, 2.05) is 11.6 Å². The number of halogens is 1. The summed E-state index contributed by atoms with van der Waals surface area (Å²) in [7, 11) is 0. The molecule has 3 nitrogen and oxygen atoms in total. The lowest BCUT2D eigenvalue weighted by molar-refractivity contribution is 0.212. The normalized spacial score (nSPS) is 19.4. The van der Waals surface area contributed by atoms with Crippen LogP contribution in [0.2, 0.25) is 5.02 Å². The Labute approximate surface area is 89.2 Å². The average Bonchev–Trinajstić information content (AvgIpc) is 2.30. The first-order valence-electron chi connectivity index (χ1n) is 5.11. The Hall–Kier alpha value is -0.700. The monoisotopic (exact) mass is 213 g/mol. The molecule has 1 unspecified atom stereocenters. The van der Waals surface area contributed by atoms with Crippen molar-refractivity contribution in [3.8, 4) is 0 Å². The molecule has 0 radical (unpaired) electrons. The highest BCUT2D eigenvalue weighted by Crippen LogP contribution is 2.38. The zero-order valence-electron chi connectivity index (χ0n) is 8.63. The predicted molar refractivity (Wildman–Crippen MR) is 58.4 cm³/mol. The third kappa shape index (κ3) is 1.40. The summed E-state index contributed by atoms with van der Waals surface area (Å²) in [5.41, 5.74) is 6.72. The average molecular weight is 214 g/mol. The molecule has 1 atom stereocenters. The second-order valence-electron chi connectivity index (χ2n) is 4.16.